The highest BCUT2D eigenvalue weighted by Crippen LogP contribution is 2.63. The number of hydrogen-bond donors (Lipinski definition) is 1. The number of rotatable bonds is 0. The number of hydrogen-bond acceptors (Lipinski definition) is 5. The van der Waals surface area contributed by atoms with Gasteiger partial charge in [0, 0.05) is 18.0 Å². The Morgan fingerprint density at radius 2 is 2.26 bits per heavy atom. The van der Waals surface area contributed by atoms with E-state index in [-0.39, 0.29) is 11.8 Å². The van der Waals surface area contributed by atoms with E-state index in [4.69, 9.17) is 4.74 Å². The van der Waals surface area contributed by atoms with Gasteiger partial charge in [0.1, 0.15) is 11.8 Å². The molecule has 5 heteroatoms. The lowest BCUT2D eigenvalue weighted by atomic mass is 9.49. The van der Waals surface area contributed by atoms with Gasteiger partial charge in [-0.05, 0) is 44.5 Å². The highest BCUT2D eigenvalue weighted by Gasteiger charge is 2.72. The lowest BCUT2D eigenvalue weighted by Gasteiger charge is -2.62. The number of carbonyl (C=O) groups is 1. The van der Waals surface area contributed by atoms with Gasteiger partial charge in [-0.3, -0.25) is 4.79 Å². The van der Waals surface area contributed by atoms with E-state index < -0.39 is 17.1 Å². The first-order chi connectivity index (χ1) is 11.0. The fraction of sp³-hybridized carbons (Fsp3) is 0.556. The van der Waals surface area contributed by atoms with Crippen LogP contribution in [0.15, 0.2) is 12.1 Å². The molecule has 1 saturated heterocycles. The number of benzene rings is 1. The highest BCUT2D eigenvalue weighted by atomic mass is 16.5. The van der Waals surface area contributed by atoms with Crippen LogP contribution in [0.25, 0.3) is 0 Å². The maximum Gasteiger partial charge on any atom is 0.174 e. The van der Waals surface area contributed by atoms with Crippen molar-refractivity contribution in [3.05, 3.63) is 28.8 Å². The SMILES string of the molecule is CN1CC[C@@]23c4c5ccc(C#N)c4OC2C(=O)CCC3(O)[C@@H]1C5. The van der Waals surface area contributed by atoms with Crippen LogP contribution in [0, 0.1) is 11.3 Å². The molecule has 2 bridgehead atoms. The third kappa shape index (κ3) is 1.27. The van der Waals surface area contributed by atoms with Crippen molar-refractivity contribution < 1.29 is 14.6 Å². The summed E-state index contributed by atoms with van der Waals surface area (Å²) in [5, 5.41) is 21.1. The Morgan fingerprint density at radius 3 is 3.04 bits per heavy atom. The van der Waals surface area contributed by atoms with Crippen LogP contribution < -0.4 is 4.74 Å². The summed E-state index contributed by atoms with van der Waals surface area (Å²) < 4.78 is 6.06. The number of likely N-dealkylation sites (N-methyl/N-ethyl adjacent to an activating group) is 1. The summed E-state index contributed by atoms with van der Waals surface area (Å²) in [7, 11) is 2.05. The fourth-order valence-corrected chi connectivity index (χ4v) is 5.64. The number of ether oxygens (including phenoxy) is 1. The Kier molecular flexibility index (Phi) is 2.32. The maximum absolute atomic E-state index is 12.6. The first-order valence-electron chi connectivity index (χ1n) is 8.21. The standard InChI is InChI=1S/C18H18N2O3/c1-20-7-6-17-14-10-2-3-11(9-19)15(14)23-16(17)12(21)4-5-18(17,22)13(20)8-10/h2-3,13,16,22H,4-8H2,1H3/t13-,16?,17+,18?/m0/s1. The third-order valence-corrected chi connectivity index (χ3v) is 6.67. The number of likely N-dealkylation sites (tertiary alicyclic amines) is 1. The van der Waals surface area contributed by atoms with Gasteiger partial charge in [-0.25, -0.2) is 0 Å². The Bertz CT molecular complexity index is 798. The smallest absolute Gasteiger partial charge is 0.174 e. The van der Waals surface area contributed by atoms with Gasteiger partial charge < -0.3 is 14.7 Å². The molecule has 118 valence electrons. The second kappa shape index (κ2) is 3.95. The van der Waals surface area contributed by atoms with E-state index in [0.717, 1.165) is 24.1 Å². The molecule has 23 heavy (non-hydrogen) atoms. The number of nitrogens with zero attached hydrogens (tertiary/aromatic N) is 2. The molecule has 4 aliphatic rings. The van der Waals surface area contributed by atoms with Crippen molar-refractivity contribution in [2.75, 3.05) is 13.6 Å². The number of Topliss-reactive ketones (excluding diaryl/α,β-unsaturated/α-hetero) is 1. The zero-order valence-electron chi connectivity index (χ0n) is 13.0. The molecule has 0 aromatic heterocycles. The molecule has 0 radical (unpaired) electrons. The molecular formula is C18H18N2O3. The normalized spacial score (nSPS) is 40.3. The minimum atomic E-state index is -0.953. The van der Waals surface area contributed by atoms with Crippen LogP contribution in [-0.4, -0.2) is 47.1 Å². The fourth-order valence-electron chi connectivity index (χ4n) is 5.64. The average molecular weight is 310 g/mol. The Morgan fingerprint density at radius 1 is 1.43 bits per heavy atom. The topological polar surface area (TPSA) is 73.6 Å². The maximum atomic E-state index is 12.6. The predicted molar refractivity (Wildman–Crippen MR) is 81.2 cm³/mol. The third-order valence-electron chi connectivity index (χ3n) is 6.67. The molecule has 5 nitrogen and oxygen atoms in total. The van der Waals surface area contributed by atoms with E-state index in [0.29, 0.717) is 30.6 Å². The average Bonchev–Trinajstić information content (AvgIpc) is 2.90. The molecule has 2 aliphatic carbocycles. The number of ketones is 1. The number of aliphatic hydroxyl groups is 1. The predicted octanol–water partition coefficient (Wildman–Crippen LogP) is 0.911. The van der Waals surface area contributed by atoms with Crippen molar-refractivity contribution in [1.29, 1.82) is 5.26 Å². The van der Waals surface area contributed by atoms with Crippen molar-refractivity contribution in [1.82, 2.24) is 4.90 Å². The molecule has 1 spiro atoms. The van der Waals surface area contributed by atoms with E-state index >= 15 is 0 Å². The summed E-state index contributed by atoms with van der Waals surface area (Å²) in [6.45, 7) is 0.829. The lowest BCUT2D eigenvalue weighted by Crippen LogP contribution is -2.76. The summed E-state index contributed by atoms with van der Waals surface area (Å²) in [5.74, 6) is 0.609. The van der Waals surface area contributed by atoms with Crippen molar-refractivity contribution in [3.63, 3.8) is 0 Å². The second-order valence-corrected chi connectivity index (χ2v) is 7.40. The van der Waals surface area contributed by atoms with Gasteiger partial charge in [0.05, 0.1) is 16.6 Å². The van der Waals surface area contributed by atoms with E-state index in [1.54, 1.807) is 6.07 Å². The molecule has 2 unspecified atom stereocenters. The molecule has 1 saturated carbocycles. The van der Waals surface area contributed by atoms with Gasteiger partial charge in [0.15, 0.2) is 11.9 Å². The second-order valence-electron chi connectivity index (χ2n) is 7.40. The van der Waals surface area contributed by atoms with Crippen LogP contribution in [0.2, 0.25) is 0 Å². The summed E-state index contributed by atoms with van der Waals surface area (Å²) in [6.07, 6.45) is 1.63. The zero-order chi connectivity index (χ0) is 16.0. The van der Waals surface area contributed by atoms with E-state index in [9.17, 15) is 15.2 Å². The van der Waals surface area contributed by atoms with E-state index in [2.05, 4.69) is 11.0 Å². The van der Waals surface area contributed by atoms with Gasteiger partial charge in [-0.15, -0.1) is 0 Å². The molecular weight excluding hydrogens is 292 g/mol. The molecule has 1 aromatic carbocycles. The monoisotopic (exact) mass is 310 g/mol. The molecule has 0 amide bonds. The van der Waals surface area contributed by atoms with Gasteiger partial charge in [-0.1, -0.05) is 6.07 Å². The zero-order valence-corrected chi connectivity index (χ0v) is 13.0. The summed E-state index contributed by atoms with van der Waals surface area (Å²) >= 11 is 0. The van der Waals surface area contributed by atoms with E-state index in [1.165, 1.54) is 0 Å². The van der Waals surface area contributed by atoms with Gasteiger partial charge in [0.25, 0.3) is 0 Å². The van der Waals surface area contributed by atoms with Gasteiger partial charge in [0.2, 0.25) is 0 Å². The van der Waals surface area contributed by atoms with Crippen molar-refractivity contribution in [2.45, 2.75) is 48.8 Å². The summed E-state index contributed by atoms with van der Waals surface area (Å²) in [6, 6.07) is 5.95. The Hall–Kier alpha value is -1.90. The number of piperidine rings is 1. The first kappa shape index (κ1) is 13.5. The molecule has 5 rings (SSSR count). The van der Waals surface area contributed by atoms with Crippen LogP contribution >= 0.6 is 0 Å². The Labute approximate surface area is 134 Å². The quantitative estimate of drug-likeness (QED) is 0.771. The minimum Gasteiger partial charge on any atom is -0.480 e. The van der Waals surface area contributed by atoms with Crippen molar-refractivity contribution >= 4 is 5.78 Å². The minimum absolute atomic E-state index is 0.00170. The van der Waals surface area contributed by atoms with Crippen LogP contribution in [0.1, 0.15) is 36.0 Å². The van der Waals surface area contributed by atoms with Crippen LogP contribution in [0.3, 0.4) is 0 Å². The van der Waals surface area contributed by atoms with Crippen LogP contribution in [-0.2, 0) is 16.6 Å². The number of carbonyl (C=O) groups excluding carboxylic acids is 1. The van der Waals surface area contributed by atoms with Gasteiger partial charge in [-0.2, -0.15) is 5.26 Å². The summed E-state index contributed by atoms with van der Waals surface area (Å²) in [5.41, 5.74) is 0.916. The van der Waals surface area contributed by atoms with E-state index in [1.807, 2.05) is 13.1 Å². The highest BCUT2D eigenvalue weighted by molar-refractivity contribution is 5.90. The molecule has 2 fully saturated rings. The Balaban J connectivity index is 1.88. The van der Waals surface area contributed by atoms with Crippen molar-refractivity contribution in [2.24, 2.45) is 0 Å². The molecule has 2 heterocycles. The van der Waals surface area contributed by atoms with Crippen LogP contribution in [0.5, 0.6) is 5.75 Å². The molecule has 4 atom stereocenters. The first-order valence-corrected chi connectivity index (χ1v) is 8.21. The number of nitriles is 1. The molecule has 1 aromatic rings. The van der Waals surface area contributed by atoms with Gasteiger partial charge >= 0.3 is 0 Å². The largest absolute Gasteiger partial charge is 0.480 e. The summed E-state index contributed by atoms with van der Waals surface area (Å²) in [4.78, 5) is 14.8. The lowest BCUT2D eigenvalue weighted by molar-refractivity contribution is -0.185. The van der Waals surface area contributed by atoms with Crippen molar-refractivity contribution in [3.8, 4) is 11.8 Å². The molecule has 2 aliphatic heterocycles. The van der Waals surface area contributed by atoms with Crippen LogP contribution in [0.4, 0.5) is 0 Å². The molecule has 1 N–H and O–H groups in total.